The Labute approximate surface area is 123 Å². The van der Waals surface area contributed by atoms with Crippen molar-refractivity contribution in [3.05, 3.63) is 36.0 Å². The summed E-state index contributed by atoms with van der Waals surface area (Å²) < 4.78 is 4.47. The molecule has 0 saturated carbocycles. The van der Waals surface area contributed by atoms with Crippen molar-refractivity contribution in [1.29, 1.82) is 5.26 Å². The van der Waals surface area contributed by atoms with Crippen LogP contribution in [0.1, 0.15) is 19.8 Å². The number of rotatable bonds is 6. The van der Waals surface area contributed by atoms with E-state index < -0.39 is 5.97 Å². The van der Waals surface area contributed by atoms with Crippen LogP contribution in [-0.4, -0.2) is 19.0 Å². The van der Waals surface area contributed by atoms with Gasteiger partial charge in [-0.15, -0.1) is 0 Å². The number of anilines is 2. The van der Waals surface area contributed by atoms with Gasteiger partial charge >= 0.3 is 5.97 Å². The lowest BCUT2D eigenvalue weighted by Crippen LogP contribution is -2.10. The van der Waals surface area contributed by atoms with Crippen molar-refractivity contribution in [3.8, 4) is 6.07 Å². The largest absolute Gasteiger partial charge is 0.465 e. The monoisotopic (exact) mass is 287 g/mol. The number of hydrogen-bond acceptors (Lipinski definition) is 5. The molecule has 0 bridgehead atoms. The molecule has 0 aliphatic rings. The minimum atomic E-state index is -0.711. The standard InChI is InChI=1S/C15H17N3O3/c1-3-5-14(19)18-13-7-4-6-12(8-13)17-10-11(9-16)15(20)21-2/h4,6-8,10,17H,3,5H2,1-2H3,(H,18,19)/b11-10-. The number of carbonyl (C=O) groups excluding carboxylic acids is 2. The van der Waals surface area contributed by atoms with Gasteiger partial charge in [-0.2, -0.15) is 5.26 Å². The van der Waals surface area contributed by atoms with Crippen LogP contribution in [0.5, 0.6) is 0 Å². The van der Waals surface area contributed by atoms with E-state index >= 15 is 0 Å². The van der Waals surface area contributed by atoms with Gasteiger partial charge in [0.15, 0.2) is 5.57 Å². The maximum absolute atomic E-state index is 11.5. The lowest BCUT2D eigenvalue weighted by Gasteiger charge is -2.07. The number of nitriles is 1. The zero-order valence-electron chi connectivity index (χ0n) is 12.0. The van der Waals surface area contributed by atoms with E-state index in [-0.39, 0.29) is 11.5 Å². The van der Waals surface area contributed by atoms with Gasteiger partial charge in [0.1, 0.15) is 6.07 Å². The molecule has 0 unspecified atom stereocenters. The Morgan fingerprint density at radius 3 is 2.71 bits per heavy atom. The van der Waals surface area contributed by atoms with Crippen LogP contribution in [0.25, 0.3) is 0 Å². The second-order valence-corrected chi connectivity index (χ2v) is 4.18. The molecule has 21 heavy (non-hydrogen) atoms. The molecule has 110 valence electrons. The number of benzene rings is 1. The van der Waals surface area contributed by atoms with E-state index in [2.05, 4.69) is 15.4 Å². The molecule has 1 aromatic rings. The number of nitrogens with zero attached hydrogens (tertiary/aromatic N) is 1. The molecule has 0 atom stereocenters. The third kappa shape index (κ3) is 5.37. The van der Waals surface area contributed by atoms with Crippen LogP contribution in [0, 0.1) is 11.3 Å². The summed E-state index contributed by atoms with van der Waals surface area (Å²) >= 11 is 0. The van der Waals surface area contributed by atoms with E-state index in [1.54, 1.807) is 30.3 Å². The molecule has 1 amide bonds. The number of esters is 1. The molecule has 1 rings (SSSR count). The summed E-state index contributed by atoms with van der Waals surface area (Å²) in [5.74, 6) is -0.769. The van der Waals surface area contributed by atoms with Crippen LogP contribution in [0.15, 0.2) is 36.0 Å². The second kappa shape index (κ2) is 8.38. The summed E-state index contributed by atoms with van der Waals surface area (Å²) in [7, 11) is 1.21. The lowest BCUT2D eigenvalue weighted by molar-refractivity contribution is -0.135. The summed E-state index contributed by atoms with van der Waals surface area (Å²) in [6, 6.07) is 8.70. The summed E-state index contributed by atoms with van der Waals surface area (Å²) in [5.41, 5.74) is 1.14. The molecule has 1 aromatic carbocycles. The molecule has 6 heteroatoms. The van der Waals surface area contributed by atoms with Crippen LogP contribution in [0.3, 0.4) is 0 Å². The average molecular weight is 287 g/mol. The molecule has 2 N–H and O–H groups in total. The lowest BCUT2D eigenvalue weighted by atomic mass is 10.2. The fraction of sp³-hybridized carbons (Fsp3) is 0.267. The zero-order valence-corrected chi connectivity index (χ0v) is 12.0. The van der Waals surface area contributed by atoms with Crippen molar-refractivity contribution in [2.45, 2.75) is 19.8 Å². The van der Waals surface area contributed by atoms with Gasteiger partial charge in [-0.25, -0.2) is 4.79 Å². The van der Waals surface area contributed by atoms with E-state index in [9.17, 15) is 9.59 Å². The molecule has 0 aliphatic carbocycles. The van der Waals surface area contributed by atoms with Gasteiger partial charge in [-0.3, -0.25) is 4.79 Å². The predicted octanol–water partition coefficient (Wildman–Crippen LogP) is 2.42. The number of ether oxygens (including phenoxy) is 1. The highest BCUT2D eigenvalue weighted by molar-refractivity contribution is 5.93. The molecule has 0 fully saturated rings. The van der Waals surface area contributed by atoms with E-state index in [4.69, 9.17) is 5.26 Å². The van der Waals surface area contributed by atoms with E-state index in [1.165, 1.54) is 13.3 Å². The van der Waals surface area contributed by atoms with Crippen molar-refractivity contribution in [1.82, 2.24) is 0 Å². The number of hydrogen-bond donors (Lipinski definition) is 2. The Bertz CT molecular complexity index is 588. The van der Waals surface area contributed by atoms with Crippen molar-refractivity contribution in [2.24, 2.45) is 0 Å². The minimum absolute atomic E-state index is 0.0579. The summed E-state index contributed by atoms with van der Waals surface area (Å²) in [4.78, 5) is 22.8. The third-order valence-electron chi connectivity index (χ3n) is 2.53. The number of carbonyl (C=O) groups is 2. The molecule has 0 aromatic heterocycles. The molecule has 6 nitrogen and oxygen atoms in total. The first-order chi connectivity index (χ1) is 10.1. The second-order valence-electron chi connectivity index (χ2n) is 4.18. The smallest absolute Gasteiger partial charge is 0.350 e. The topological polar surface area (TPSA) is 91.2 Å². The maximum Gasteiger partial charge on any atom is 0.350 e. The Kier molecular flexibility index (Phi) is 6.48. The summed E-state index contributed by atoms with van der Waals surface area (Å²) in [5, 5.41) is 14.4. The van der Waals surface area contributed by atoms with Crippen LogP contribution in [0.2, 0.25) is 0 Å². The van der Waals surface area contributed by atoms with Crippen molar-refractivity contribution >= 4 is 23.3 Å². The van der Waals surface area contributed by atoms with Crippen molar-refractivity contribution in [2.75, 3.05) is 17.7 Å². The average Bonchev–Trinajstić information content (AvgIpc) is 2.48. The van der Waals surface area contributed by atoms with Gasteiger partial charge in [-0.1, -0.05) is 13.0 Å². The van der Waals surface area contributed by atoms with Gasteiger partial charge in [0, 0.05) is 24.0 Å². The Hall–Kier alpha value is -2.81. The number of methoxy groups -OCH3 is 1. The number of nitrogens with one attached hydrogen (secondary N) is 2. The molecule has 0 aliphatic heterocycles. The highest BCUT2D eigenvalue weighted by Gasteiger charge is 2.08. The normalized spacial score (nSPS) is 10.4. The minimum Gasteiger partial charge on any atom is -0.465 e. The fourth-order valence-corrected chi connectivity index (χ4v) is 1.54. The maximum atomic E-state index is 11.5. The molecular formula is C15H17N3O3. The SMILES string of the molecule is CCCC(=O)Nc1cccc(N/C=C(/C#N)C(=O)OC)c1. The highest BCUT2D eigenvalue weighted by Crippen LogP contribution is 2.16. The Balaban J connectivity index is 2.77. The highest BCUT2D eigenvalue weighted by atomic mass is 16.5. The van der Waals surface area contributed by atoms with E-state index in [1.807, 2.05) is 6.92 Å². The van der Waals surface area contributed by atoms with Crippen LogP contribution in [-0.2, 0) is 14.3 Å². The Morgan fingerprint density at radius 1 is 1.38 bits per heavy atom. The fourth-order valence-electron chi connectivity index (χ4n) is 1.54. The van der Waals surface area contributed by atoms with E-state index in [0.29, 0.717) is 17.8 Å². The van der Waals surface area contributed by atoms with Crippen LogP contribution in [0.4, 0.5) is 11.4 Å². The quantitative estimate of drug-likeness (QED) is 0.476. The van der Waals surface area contributed by atoms with Crippen LogP contribution < -0.4 is 10.6 Å². The van der Waals surface area contributed by atoms with Gasteiger partial charge in [0.05, 0.1) is 7.11 Å². The first-order valence-electron chi connectivity index (χ1n) is 6.45. The molecule has 0 saturated heterocycles. The predicted molar refractivity (Wildman–Crippen MR) is 79.3 cm³/mol. The first kappa shape index (κ1) is 16.2. The summed E-state index contributed by atoms with van der Waals surface area (Å²) in [6.45, 7) is 1.93. The van der Waals surface area contributed by atoms with Gasteiger partial charge in [-0.05, 0) is 24.6 Å². The van der Waals surface area contributed by atoms with Gasteiger partial charge in [0.25, 0.3) is 0 Å². The van der Waals surface area contributed by atoms with E-state index in [0.717, 1.165) is 6.42 Å². The molecule has 0 radical (unpaired) electrons. The van der Waals surface area contributed by atoms with Gasteiger partial charge in [0.2, 0.25) is 5.91 Å². The first-order valence-corrected chi connectivity index (χ1v) is 6.45. The third-order valence-corrected chi connectivity index (χ3v) is 2.53. The zero-order chi connectivity index (χ0) is 15.7. The Morgan fingerprint density at radius 2 is 2.10 bits per heavy atom. The summed E-state index contributed by atoms with van der Waals surface area (Å²) in [6.07, 6.45) is 2.49. The molecule has 0 spiro atoms. The van der Waals surface area contributed by atoms with Crippen molar-refractivity contribution in [3.63, 3.8) is 0 Å². The molecular weight excluding hydrogens is 270 g/mol. The van der Waals surface area contributed by atoms with Crippen molar-refractivity contribution < 1.29 is 14.3 Å². The van der Waals surface area contributed by atoms with Gasteiger partial charge < -0.3 is 15.4 Å². The molecule has 0 heterocycles. The number of amides is 1. The van der Waals surface area contributed by atoms with Crippen LogP contribution >= 0.6 is 0 Å².